The van der Waals surface area contributed by atoms with Crippen molar-refractivity contribution in [2.45, 2.75) is 36.8 Å². The van der Waals surface area contributed by atoms with Gasteiger partial charge in [0, 0.05) is 17.9 Å². The molecule has 0 bridgehead atoms. The summed E-state index contributed by atoms with van der Waals surface area (Å²) >= 11 is 1.52. The Kier molecular flexibility index (Phi) is 6.54. The predicted molar refractivity (Wildman–Crippen MR) is 93.8 cm³/mol. The number of hydrogen-bond donors (Lipinski definition) is 2. The van der Waals surface area contributed by atoms with Gasteiger partial charge in [-0.25, -0.2) is 0 Å². The van der Waals surface area contributed by atoms with Crippen LogP contribution in [0.3, 0.4) is 0 Å². The topological polar surface area (TPSA) is 87.6 Å². The Morgan fingerprint density at radius 1 is 1.33 bits per heavy atom. The summed E-state index contributed by atoms with van der Waals surface area (Å²) in [5.41, 5.74) is 0. The molecule has 3 amide bonds. The van der Waals surface area contributed by atoms with Gasteiger partial charge in [-0.1, -0.05) is 25.1 Å². The van der Waals surface area contributed by atoms with Crippen LogP contribution < -0.4 is 10.6 Å². The van der Waals surface area contributed by atoms with Crippen molar-refractivity contribution in [3.05, 3.63) is 30.3 Å². The molecule has 0 radical (unpaired) electrons. The van der Waals surface area contributed by atoms with Crippen LogP contribution in [0.15, 0.2) is 40.2 Å². The molecule has 24 heavy (non-hydrogen) atoms. The molecule has 1 aliphatic rings. The van der Waals surface area contributed by atoms with Crippen molar-refractivity contribution in [2.24, 2.45) is 10.9 Å². The van der Waals surface area contributed by atoms with Crippen molar-refractivity contribution >= 4 is 35.3 Å². The van der Waals surface area contributed by atoms with Gasteiger partial charge >= 0.3 is 0 Å². The van der Waals surface area contributed by atoms with Crippen LogP contribution in [-0.2, 0) is 14.4 Å². The average Bonchev–Trinajstić information content (AvgIpc) is 2.58. The van der Waals surface area contributed by atoms with Gasteiger partial charge in [0.15, 0.2) is 0 Å². The summed E-state index contributed by atoms with van der Waals surface area (Å²) < 4.78 is 0. The Balaban J connectivity index is 1.82. The highest BCUT2D eigenvalue weighted by Crippen LogP contribution is 2.25. The van der Waals surface area contributed by atoms with Crippen molar-refractivity contribution < 1.29 is 14.4 Å². The first kappa shape index (κ1) is 18.2. The third kappa shape index (κ3) is 4.92. The van der Waals surface area contributed by atoms with E-state index in [1.807, 2.05) is 37.3 Å². The van der Waals surface area contributed by atoms with Crippen molar-refractivity contribution in [1.29, 1.82) is 0 Å². The van der Waals surface area contributed by atoms with Crippen LogP contribution in [0.2, 0.25) is 0 Å². The molecule has 2 N–H and O–H groups in total. The molecule has 0 saturated carbocycles. The highest BCUT2D eigenvalue weighted by atomic mass is 32.2. The van der Waals surface area contributed by atoms with E-state index in [9.17, 15) is 14.4 Å². The minimum Gasteiger partial charge on any atom is -0.355 e. The third-order valence-corrected chi connectivity index (χ3v) is 5.00. The quantitative estimate of drug-likeness (QED) is 0.581. The maximum Gasteiger partial charge on any atom is 0.259 e. The first-order chi connectivity index (χ1) is 11.5. The van der Waals surface area contributed by atoms with Gasteiger partial charge < -0.3 is 10.6 Å². The highest BCUT2D eigenvalue weighted by Gasteiger charge is 2.27. The smallest absolute Gasteiger partial charge is 0.259 e. The number of nitrogens with one attached hydrogen (secondary N) is 2. The van der Waals surface area contributed by atoms with Gasteiger partial charge in [0.2, 0.25) is 11.8 Å². The lowest BCUT2D eigenvalue weighted by Crippen LogP contribution is -2.44. The van der Waals surface area contributed by atoms with Gasteiger partial charge in [0.05, 0.1) is 5.25 Å². The largest absolute Gasteiger partial charge is 0.355 e. The van der Waals surface area contributed by atoms with E-state index in [0.717, 1.165) is 4.90 Å². The summed E-state index contributed by atoms with van der Waals surface area (Å²) in [4.78, 5) is 40.2. The van der Waals surface area contributed by atoms with Gasteiger partial charge in [-0.2, -0.15) is 4.99 Å². The number of hydrogen-bond acceptors (Lipinski definition) is 4. The van der Waals surface area contributed by atoms with Crippen molar-refractivity contribution in [2.75, 3.05) is 6.54 Å². The van der Waals surface area contributed by atoms with Crippen LogP contribution in [0.25, 0.3) is 0 Å². The van der Waals surface area contributed by atoms with Crippen LogP contribution in [0.4, 0.5) is 0 Å². The number of carbonyl (C=O) groups excluding carboxylic acids is 3. The summed E-state index contributed by atoms with van der Waals surface area (Å²) in [6, 6.07) is 9.76. The minimum absolute atomic E-state index is 0.0613. The van der Waals surface area contributed by atoms with E-state index in [2.05, 4.69) is 15.6 Å². The second kappa shape index (κ2) is 8.63. The number of amides is 3. The molecule has 128 valence electrons. The van der Waals surface area contributed by atoms with E-state index in [0.29, 0.717) is 25.2 Å². The molecule has 1 aromatic rings. The van der Waals surface area contributed by atoms with Crippen molar-refractivity contribution in [1.82, 2.24) is 10.6 Å². The van der Waals surface area contributed by atoms with Crippen LogP contribution in [0.1, 0.15) is 26.7 Å². The van der Waals surface area contributed by atoms with E-state index < -0.39 is 11.8 Å². The van der Waals surface area contributed by atoms with Crippen molar-refractivity contribution in [3.8, 4) is 0 Å². The van der Waals surface area contributed by atoms with Gasteiger partial charge in [-0.3, -0.25) is 14.4 Å². The van der Waals surface area contributed by atoms with Gasteiger partial charge in [-0.15, -0.1) is 11.8 Å². The van der Waals surface area contributed by atoms with Crippen molar-refractivity contribution in [3.63, 3.8) is 0 Å². The minimum atomic E-state index is -0.741. The molecule has 0 aromatic heterocycles. The second-order valence-corrected chi connectivity index (χ2v) is 6.75. The van der Waals surface area contributed by atoms with Gasteiger partial charge in [-0.05, 0) is 25.5 Å². The van der Waals surface area contributed by atoms with E-state index in [-0.39, 0.29) is 17.1 Å². The first-order valence-electron chi connectivity index (χ1n) is 7.93. The molecule has 1 heterocycles. The molecule has 2 atom stereocenters. The maximum atomic E-state index is 12.3. The Bertz CT molecular complexity index is 646. The fourth-order valence-electron chi connectivity index (χ4n) is 2.14. The Morgan fingerprint density at radius 2 is 2.04 bits per heavy atom. The summed E-state index contributed by atoms with van der Waals surface area (Å²) in [5.74, 6) is -1.27. The monoisotopic (exact) mass is 347 g/mol. The standard InChI is InChI=1S/C17H21N3O3S/c1-3-13(24-12-7-5-4-6-8-12)17(23)18-10-9-14-19-15(21)11(2)16(22)20-14/h4-8,11,13H,3,9-10H2,1-2H3,(H,18,23)(H,19,20,21,22)/t13-/m0/s1. The number of aliphatic imine (C=N–C) groups is 1. The molecule has 2 rings (SSSR count). The summed E-state index contributed by atoms with van der Waals surface area (Å²) in [7, 11) is 0. The maximum absolute atomic E-state index is 12.3. The molecule has 0 aliphatic carbocycles. The molecule has 1 aromatic carbocycles. The summed E-state index contributed by atoms with van der Waals surface area (Å²) in [6.45, 7) is 3.81. The van der Waals surface area contributed by atoms with Gasteiger partial charge in [0.25, 0.3) is 5.91 Å². The lowest BCUT2D eigenvalue weighted by molar-refractivity contribution is -0.132. The van der Waals surface area contributed by atoms with E-state index >= 15 is 0 Å². The van der Waals surface area contributed by atoms with E-state index in [4.69, 9.17) is 0 Å². The SMILES string of the molecule is CC[C@H](Sc1ccccc1)C(=O)NCCC1=NC(=O)[C@H](C)C(=O)N1. The molecule has 0 saturated heterocycles. The third-order valence-electron chi connectivity index (χ3n) is 3.62. The molecular formula is C17H21N3O3S. The first-order valence-corrected chi connectivity index (χ1v) is 8.81. The predicted octanol–water partition coefficient (Wildman–Crippen LogP) is 1.75. The number of benzene rings is 1. The summed E-state index contributed by atoms with van der Waals surface area (Å²) in [6.07, 6.45) is 1.03. The highest BCUT2D eigenvalue weighted by molar-refractivity contribution is 8.00. The molecule has 6 nitrogen and oxygen atoms in total. The van der Waals surface area contributed by atoms with Crippen LogP contribution in [-0.4, -0.2) is 35.4 Å². The lowest BCUT2D eigenvalue weighted by atomic mass is 10.1. The zero-order valence-corrected chi connectivity index (χ0v) is 14.6. The Hall–Kier alpha value is -2.15. The normalized spacial score (nSPS) is 18.6. The summed E-state index contributed by atoms with van der Waals surface area (Å²) in [5, 5.41) is 5.24. The van der Waals surface area contributed by atoms with Gasteiger partial charge in [0.1, 0.15) is 11.8 Å². The number of nitrogens with zero attached hydrogens (tertiary/aromatic N) is 1. The Labute approximate surface area is 145 Å². The number of thioether (sulfide) groups is 1. The fraction of sp³-hybridized carbons (Fsp3) is 0.412. The Morgan fingerprint density at radius 3 is 2.67 bits per heavy atom. The van der Waals surface area contributed by atoms with Crippen LogP contribution in [0.5, 0.6) is 0 Å². The fourth-order valence-corrected chi connectivity index (χ4v) is 3.14. The molecule has 0 unspecified atom stereocenters. The molecule has 0 spiro atoms. The molecule has 7 heteroatoms. The molecular weight excluding hydrogens is 326 g/mol. The molecule has 0 fully saturated rings. The van der Waals surface area contributed by atoms with E-state index in [1.54, 1.807) is 0 Å². The second-order valence-electron chi connectivity index (χ2n) is 5.48. The average molecular weight is 347 g/mol. The zero-order chi connectivity index (χ0) is 17.5. The number of rotatable bonds is 7. The van der Waals surface area contributed by atoms with Crippen LogP contribution in [0, 0.1) is 5.92 Å². The zero-order valence-electron chi connectivity index (χ0n) is 13.7. The number of carbonyl (C=O) groups is 3. The van der Waals surface area contributed by atoms with Crippen LogP contribution >= 0.6 is 11.8 Å². The molecule has 1 aliphatic heterocycles. The van der Waals surface area contributed by atoms with E-state index in [1.165, 1.54) is 18.7 Å². The lowest BCUT2D eigenvalue weighted by Gasteiger charge is -2.18. The number of amidine groups is 1.